The summed E-state index contributed by atoms with van der Waals surface area (Å²) in [7, 11) is 3.32. The van der Waals surface area contributed by atoms with E-state index in [2.05, 4.69) is 0 Å². The van der Waals surface area contributed by atoms with E-state index in [4.69, 9.17) is 15.2 Å². The van der Waals surface area contributed by atoms with Gasteiger partial charge in [-0.3, -0.25) is 0 Å². The van der Waals surface area contributed by atoms with Crippen LogP contribution in [0, 0.1) is 0 Å². The molecule has 2 N–H and O–H groups in total. The summed E-state index contributed by atoms with van der Waals surface area (Å²) in [5, 5.41) is 0. The summed E-state index contributed by atoms with van der Waals surface area (Å²) in [5.41, 5.74) is 7.92. The molecule has 0 heterocycles. The molecule has 14 heavy (non-hydrogen) atoms. The molecule has 1 rings (SSSR count). The first-order chi connectivity index (χ1) is 6.69. The maximum absolute atomic E-state index is 5.79. The van der Waals surface area contributed by atoms with E-state index >= 15 is 0 Å². The second-order valence-corrected chi connectivity index (χ2v) is 3.29. The third-order valence-corrected chi connectivity index (χ3v) is 2.13. The summed E-state index contributed by atoms with van der Waals surface area (Å²) in [6.07, 6.45) is 0. The van der Waals surface area contributed by atoms with Crippen molar-refractivity contribution in [2.75, 3.05) is 14.2 Å². The fraction of sp³-hybridized carbons (Fsp3) is 0.455. The molecule has 0 saturated carbocycles. The van der Waals surface area contributed by atoms with Crippen LogP contribution in [0.25, 0.3) is 0 Å². The van der Waals surface area contributed by atoms with Crippen LogP contribution in [0.15, 0.2) is 18.2 Å². The molecule has 0 aliphatic rings. The van der Waals surface area contributed by atoms with Gasteiger partial charge >= 0.3 is 0 Å². The second kappa shape index (κ2) is 4.98. The Kier molecular flexibility index (Phi) is 3.92. The van der Waals surface area contributed by atoms with Crippen molar-refractivity contribution in [3.63, 3.8) is 0 Å². The molecule has 0 aliphatic heterocycles. The van der Waals surface area contributed by atoms with Gasteiger partial charge in [-0.1, -0.05) is 6.07 Å². The van der Waals surface area contributed by atoms with Crippen molar-refractivity contribution < 1.29 is 9.47 Å². The SMILES string of the molecule is COCc1cc(C(C)N)ccc1OC. The third kappa shape index (κ3) is 2.47. The summed E-state index contributed by atoms with van der Waals surface area (Å²) in [6.45, 7) is 2.50. The largest absolute Gasteiger partial charge is 0.496 e. The molecule has 0 radical (unpaired) electrons. The van der Waals surface area contributed by atoms with Gasteiger partial charge in [0.25, 0.3) is 0 Å². The molecule has 78 valence electrons. The van der Waals surface area contributed by atoms with Crippen molar-refractivity contribution in [2.45, 2.75) is 19.6 Å². The van der Waals surface area contributed by atoms with Crippen LogP contribution in [0.4, 0.5) is 0 Å². The van der Waals surface area contributed by atoms with Crippen LogP contribution in [-0.4, -0.2) is 14.2 Å². The summed E-state index contributed by atoms with van der Waals surface area (Å²) < 4.78 is 10.3. The lowest BCUT2D eigenvalue weighted by Gasteiger charge is -2.11. The Balaban J connectivity index is 3.01. The molecule has 0 saturated heterocycles. The maximum Gasteiger partial charge on any atom is 0.124 e. The van der Waals surface area contributed by atoms with Gasteiger partial charge in [0, 0.05) is 18.7 Å². The van der Waals surface area contributed by atoms with Gasteiger partial charge in [0.1, 0.15) is 5.75 Å². The lowest BCUT2D eigenvalue weighted by Crippen LogP contribution is -2.06. The highest BCUT2D eigenvalue weighted by Crippen LogP contribution is 2.22. The fourth-order valence-electron chi connectivity index (χ4n) is 1.35. The summed E-state index contributed by atoms with van der Waals surface area (Å²) in [5.74, 6) is 0.844. The standard InChI is InChI=1S/C11H17NO2/c1-8(12)9-4-5-11(14-3)10(6-9)7-13-2/h4-6,8H,7,12H2,1-3H3. The summed E-state index contributed by atoms with van der Waals surface area (Å²) >= 11 is 0. The number of methoxy groups -OCH3 is 2. The zero-order valence-corrected chi connectivity index (χ0v) is 8.91. The molecule has 1 aromatic rings. The number of benzene rings is 1. The number of rotatable bonds is 4. The van der Waals surface area contributed by atoms with Crippen molar-refractivity contribution >= 4 is 0 Å². The molecular formula is C11H17NO2. The first-order valence-corrected chi connectivity index (χ1v) is 4.60. The Morgan fingerprint density at radius 2 is 2.07 bits per heavy atom. The minimum Gasteiger partial charge on any atom is -0.496 e. The van der Waals surface area contributed by atoms with Crippen LogP contribution in [-0.2, 0) is 11.3 Å². The first-order valence-electron chi connectivity index (χ1n) is 4.60. The number of hydrogen-bond acceptors (Lipinski definition) is 3. The predicted molar refractivity (Wildman–Crippen MR) is 56.3 cm³/mol. The normalized spacial score (nSPS) is 12.6. The Labute approximate surface area is 84.8 Å². The Morgan fingerprint density at radius 1 is 1.36 bits per heavy atom. The van der Waals surface area contributed by atoms with E-state index in [1.54, 1.807) is 14.2 Å². The highest BCUT2D eigenvalue weighted by atomic mass is 16.5. The number of hydrogen-bond donors (Lipinski definition) is 1. The van der Waals surface area contributed by atoms with Crippen LogP contribution >= 0.6 is 0 Å². The van der Waals surface area contributed by atoms with Gasteiger partial charge in [-0.2, -0.15) is 0 Å². The van der Waals surface area contributed by atoms with Gasteiger partial charge in [-0.25, -0.2) is 0 Å². The van der Waals surface area contributed by atoms with Gasteiger partial charge in [0.15, 0.2) is 0 Å². The topological polar surface area (TPSA) is 44.5 Å². The van der Waals surface area contributed by atoms with Crippen LogP contribution in [0.3, 0.4) is 0 Å². The van der Waals surface area contributed by atoms with Gasteiger partial charge in [-0.05, 0) is 24.6 Å². The zero-order chi connectivity index (χ0) is 10.6. The fourth-order valence-corrected chi connectivity index (χ4v) is 1.35. The van der Waals surface area contributed by atoms with E-state index in [0.29, 0.717) is 6.61 Å². The van der Waals surface area contributed by atoms with Crippen molar-refractivity contribution in [3.05, 3.63) is 29.3 Å². The maximum atomic E-state index is 5.79. The average molecular weight is 195 g/mol. The van der Waals surface area contributed by atoms with Crippen LogP contribution in [0.1, 0.15) is 24.1 Å². The lowest BCUT2D eigenvalue weighted by atomic mass is 10.1. The van der Waals surface area contributed by atoms with Gasteiger partial charge < -0.3 is 15.2 Å². The molecule has 0 fully saturated rings. The van der Waals surface area contributed by atoms with Gasteiger partial charge in [-0.15, -0.1) is 0 Å². The average Bonchev–Trinajstić information content (AvgIpc) is 2.18. The number of ether oxygens (including phenoxy) is 2. The van der Waals surface area contributed by atoms with E-state index in [0.717, 1.165) is 16.9 Å². The van der Waals surface area contributed by atoms with Crippen molar-refractivity contribution in [1.29, 1.82) is 0 Å². The smallest absolute Gasteiger partial charge is 0.124 e. The van der Waals surface area contributed by atoms with Crippen molar-refractivity contribution in [2.24, 2.45) is 5.73 Å². The highest BCUT2D eigenvalue weighted by molar-refractivity contribution is 5.37. The summed E-state index contributed by atoms with van der Waals surface area (Å²) in [6, 6.07) is 5.96. The minimum atomic E-state index is 0.0384. The van der Waals surface area contributed by atoms with Crippen LogP contribution in [0.5, 0.6) is 5.75 Å². The minimum absolute atomic E-state index is 0.0384. The Morgan fingerprint density at radius 3 is 2.57 bits per heavy atom. The predicted octanol–water partition coefficient (Wildman–Crippen LogP) is 1.86. The Bertz CT molecular complexity index is 297. The van der Waals surface area contributed by atoms with Gasteiger partial charge in [0.05, 0.1) is 13.7 Å². The van der Waals surface area contributed by atoms with E-state index in [1.165, 1.54) is 0 Å². The quantitative estimate of drug-likeness (QED) is 0.797. The molecule has 1 aromatic carbocycles. The van der Waals surface area contributed by atoms with Crippen LogP contribution < -0.4 is 10.5 Å². The molecule has 3 nitrogen and oxygen atoms in total. The highest BCUT2D eigenvalue weighted by Gasteiger charge is 2.06. The Hall–Kier alpha value is -1.06. The molecule has 0 aromatic heterocycles. The molecule has 0 amide bonds. The van der Waals surface area contributed by atoms with E-state index < -0.39 is 0 Å². The molecule has 3 heteroatoms. The lowest BCUT2D eigenvalue weighted by molar-refractivity contribution is 0.181. The molecular weight excluding hydrogens is 178 g/mol. The van der Waals surface area contributed by atoms with Gasteiger partial charge in [0.2, 0.25) is 0 Å². The van der Waals surface area contributed by atoms with Crippen molar-refractivity contribution in [1.82, 2.24) is 0 Å². The third-order valence-electron chi connectivity index (χ3n) is 2.13. The molecule has 1 atom stereocenters. The second-order valence-electron chi connectivity index (χ2n) is 3.29. The molecule has 1 unspecified atom stereocenters. The van der Waals surface area contributed by atoms with E-state index in [9.17, 15) is 0 Å². The first kappa shape index (κ1) is 11.0. The summed E-state index contributed by atoms with van der Waals surface area (Å²) in [4.78, 5) is 0. The zero-order valence-electron chi connectivity index (χ0n) is 8.91. The van der Waals surface area contributed by atoms with Crippen LogP contribution in [0.2, 0.25) is 0 Å². The molecule has 0 aliphatic carbocycles. The van der Waals surface area contributed by atoms with Crippen molar-refractivity contribution in [3.8, 4) is 5.75 Å². The van der Waals surface area contributed by atoms with E-state index in [1.807, 2.05) is 25.1 Å². The van der Waals surface area contributed by atoms with E-state index in [-0.39, 0.29) is 6.04 Å². The monoisotopic (exact) mass is 195 g/mol. The molecule has 0 spiro atoms. The number of nitrogens with two attached hydrogens (primary N) is 1. The molecule has 0 bridgehead atoms.